The average Bonchev–Trinajstić information content (AvgIpc) is 3.05. The molecule has 2 bridgehead atoms. The van der Waals surface area contributed by atoms with E-state index in [1.54, 1.807) is 30.6 Å². The fraction of sp³-hybridized carbons (Fsp3) is 0.458. The van der Waals surface area contributed by atoms with Crippen LogP contribution in [0.5, 0.6) is 11.5 Å². The van der Waals surface area contributed by atoms with Crippen LogP contribution in [-0.2, 0) is 0 Å². The molecule has 1 aromatic carbocycles. The van der Waals surface area contributed by atoms with E-state index < -0.39 is 0 Å². The van der Waals surface area contributed by atoms with Gasteiger partial charge in [-0.1, -0.05) is 0 Å². The number of nitrogens with zero attached hydrogens (tertiary/aromatic N) is 2. The van der Waals surface area contributed by atoms with Gasteiger partial charge in [-0.15, -0.1) is 0 Å². The van der Waals surface area contributed by atoms with E-state index in [4.69, 9.17) is 9.47 Å². The maximum atomic E-state index is 13.4. The Kier molecular flexibility index (Phi) is 6.39. The van der Waals surface area contributed by atoms with Gasteiger partial charge in [-0.2, -0.15) is 0 Å². The lowest BCUT2D eigenvalue weighted by Gasteiger charge is -2.39. The first-order valence-corrected chi connectivity index (χ1v) is 11.0. The van der Waals surface area contributed by atoms with Gasteiger partial charge in [0.15, 0.2) is 11.5 Å². The Morgan fingerprint density at radius 3 is 2.26 bits per heavy atom. The molecule has 164 valence electrons. The standard InChI is InChI=1S/C24H29N3O4/c1-3-30-21-8-5-17(13-22(21)31-4-2)24(29)27-19-6-7-20(27)15-18(14-19)26-23(28)16-9-11-25-12-10-16/h5,8-13,18-20H,3-4,6-7,14-15H2,1-2H3,(H,26,28)/t18?,19-,20+. The van der Waals surface area contributed by atoms with Crippen LogP contribution in [0.2, 0.25) is 0 Å². The van der Waals surface area contributed by atoms with Crippen LogP contribution in [-0.4, -0.2) is 53.0 Å². The van der Waals surface area contributed by atoms with Crippen molar-refractivity contribution in [3.63, 3.8) is 0 Å². The summed E-state index contributed by atoms with van der Waals surface area (Å²) in [5.41, 5.74) is 1.22. The van der Waals surface area contributed by atoms with E-state index in [1.807, 2.05) is 30.9 Å². The summed E-state index contributed by atoms with van der Waals surface area (Å²) in [5.74, 6) is 1.19. The van der Waals surface area contributed by atoms with Crippen LogP contribution in [0.15, 0.2) is 42.7 Å². The molecular weight excluding hydrogens is 394 g/mol. The van der Waals surface area contributed by atoms with Gasteiger partial charge in [-0.05, 0) is 69.9 Å². The van der Waals surface area contributed by atoms with Gasteiger partial charge in [0, 0.05) is 41.6 Å². The highest BCUT2D eigenvalue weighted by atomic mass is 16.5. The number of amides is 2. The predicted molar refractivity (Wildman–Crippen MR) is 116 cm³/mol. The molecule has 0 aliphatic carbocycles. The molecule has 1 N–H and O–H groups in total. The molecule has 0 spiro atoms. The number of aromatic nitrogens is 1. The molecule has 2 aliphatic heterocycles. The van der Waals surface area contributed by atoms with E-state index in [9.17, 15) is 9.59 Å². The molecule has 7 heteroatoms. The van der Waals surface area contributed by atoms with E-state index in [2.05, 4.69) is 10.3 Å². The fourth-order valence-corrected chi connectivity index (χ4v) is 4.73. The quantitative estimate of drug-likeness (QED) is 0.738. The monoisotopic (exact) mass is 423 g/mol. The first kappa shape index (κ1) is 21.2. The third-order valence-corrected chi connectivity index (χ3v) is 6.04. The third-order valence-electron chi connectivity index (χ3n) is 6.04. The normalized spacial score (nSPS) is 22.1. The molecule has 2 aromatic rings. The summed E-state index contributed by atoms with van der Waals surface area (Å²) in [5, 5.41) is 3.14. The predicted octanol–water partition coefficient (Wildman–Crippen LogP) is 3.44. The molecule has 2 saturated heterocycles. The molecular formula is C24H29N3O4. The zero-order valence-electron chi connectivity index (χ0n) is 18.0. The minimum Gasteiger partial charge on any atom is -0.490 e. The number of piperidine rings is 1. The molecule has 7 nitrogen and oxygen atoms in total. The maximum Gasteiger partial charge on any atom is 0.254 e. The largest absolute Gasteiger partial charge is 0.490 e. The van der Waals surface area contributed by atoms with Gasteiger partial charge in [0.1, 0.15) is 0 Å². The molecule has 1 aromatic heterocycles. The fourth-order valence-electron chi connectivity index (χ4n) is 4.73. The molecule has 4 rings (SSSR count). The van der Waals surface area contributed by atoms with Crippen molar-refractivity contribution in [2.24, 2.45) is 0 Å². The summed E-state index contributed by atoms with van der Waals surface area (Å²) in [4.78, 5) is 31.9. The van der Waals surface area contributed by atoms with E-state index in [1.165, 1.54) is 0 Å². The van der Waals surface area contributed by atoms with Crippen LogP contribution in [0.3, 0.4) is 0 Å². The number of fused-ring (bicyclic) bond motifs is 2. The summed E-state index contributed by atoms with van der Waals surface area (Å²) >= 11 is 0. The number of pyridine rings is 1. The van der Waals surface area contributed by atoms with Crippen molar-refractivity contribution in [3.8, 4) is 11.5 Å². The van der Waals surface area contributed by atoms with Crippen molar-refractivity contribution >= 4 is 11.8 Å². The van der Waals surface area contributed by atoms with Crippen LogP contribution in [0.4, 0.5) is 0 Å². The van der Waals surface area contributed by atoms with Crippen LogP contribution < -0.4 is 14.8 Å². The van der Waals surface area contributed by atoms with Crippen LogP contribution in [0, 0.1) is 0 Å². The van der Waals surface area contributed by atoms with Gasteiger partial charge in [0.05, 0.1) is 13.2 Å². The number of nitrogens with one attached hydrogen (secondary N) is 1. The van der Waals surface area contributed by atoms with E-state index in [0.29, 0.717) is 35.8 Å². The van der Waals surface area contributed by atoms with Gasteiger partial charge in [0.2, 0.25) is 0 Å². The molecule has 0 saturated carbocycles. The van der Waals surface area contributed by atoms with Crippen LogP contribution >= 0.6 is 0 Å². The zero-order chi connectivity index (χ0) is 21.8. The summed E-state index contributed by atoms with van der Waals surface area (Å²) < 4.78 is 11.3. The lowest BCUT2D eigenvalue weighted by Crippen LogP contribution is -2.52. The highest BCUT2D eigenvalue weighted by molar-refractivity contribution is 5.96. The van der Waals surface area contributed by atoms with Gasteiger partial charge in [-0.3, -0.25) is 14.6 Å². The number of hydrogen-bond acceptors (Lipinski definition) is 5. The van der Waals surface area contributed by atoms with Crippen molar-refractivity contribution < 1.29 is 19.1 Å². The minimum atomic E-state index is -0.0838. The molecule has 3 heterocycles. The topological polar surface area (TPSA) is 80.8 Å². The SMILES string of the molecule is CCOc1ccc(C(=O)N2[C@@H]3CC[C@H]2CC(NC(=O)c2ccncc2)C3)cc1OCC. The first-order valence-electron chi connectivity index (χ1n) is 11.0. The van der Waals surface area contributed by atoms with Crippen molar-refractivity contribution in [2.45, 2.75) is 57.7 Å². The second-order valence-electron chi connectivity index (χ2n) is 8.00. The summed E-state index contributed by atoms with van der Waals surface area (Å²) in [7, 11) is 0. The molecule has 2 fully saturated rings. The molecule has 2 aliphatic rings. The second-order valence-corrected chi connectivity index (χ2v) is 8.00. The number of hydrogen-bond donors (Lipinski definition) is 1. The van der Waals surface area contributed by atoms with Gasteiger partial charge in [-0.25, -0.2) is 0 Å². The zero-order valence-corrected chi connectivity index (χ0v) is 18.0. The van der Waals surface area contributed by atoms with Crippen LogP contribution in [0.25, 0.3) is 0 Å². The Labute approximate surface area is 182 Å². The molecule has 0 radical (unpaired) electrons. The van der Waals surface area contributed by atoms with Crippen molar-refractivity contribution in [2.75, 3.05) is 13.2 Å². The smallest absolute Gasteiger partial charge is 0.254 e. The number of carbonyl (C=O) groups excluding carboxylic acids is 2. The molecule has 1 unspecified atom stereocenters. The Bertz CT molecular complexity index is 920. The second kappa shape index (κ2) is 9.37. The number of ether oxygens (including phenoxy) is 2. The Morgan fingerprint density at radius 1 is 0.968 bits per heavy atom. The van der Waals surface area contributed by atoms with Crippen molar-refractivity contribution in [3.05, 3.63) is 53.9 Å². The third kappa shape index (κ3) is 4.50. The summed E-state index contributed by atoms with van der Waals surface area (Å²) in [6, 6.07) is 9.18. The summed E-state index contributed by atoms with van der Waals surface area (Å²) in [6.45, 7) is 4.88. The molecule has 3 atom stereocenters. The van der Waals surface area contributed by atoms with Gasteiger partial charge in [0.25, 0.3) is 11.8 Å². The first-order chi connectivity index (χ1) is 15.1. The Hall–Kier alpha value is -3.09. The van der Waals surface area contributed by atoms with E-state index >= 15 is 0 Å². The Morgan fingerprint density at radius 2 is 1.61 bits per heavy atom. The van der Waals surface area contributed by atoms with Crippen molar-refractivity contribution in [1.29, 1.82) is 0 Å². The number of rotatable bonds is 7. The average molecular weight is 424 g/mol. The number of carbonyl (C=O) groups is 2. The maximum absolute atomic E-state index is 13.4. The van der Waals surface area contributed by atoms with Gasteiger partial charge >= 0.3 is 0 Å². The summed E-state index contributed by atoms with van der Waals surface area (Å²) in [6.07, 6.45) is 6.71. The van der Waals surface area contributed by atoms with E-state index in [0.717, 1.165) is 25.7 Å². The number of benzene rings is 1. The minimum absolute atomic E-state index is 0.0235. The molecule has 31 heavy (non-hydrogen) atoms. The molecule has 2 amide bonds. The lowest BCUT2D eigenvalue weighted by atomic mass is 9.96. The highest BCUT2D eigenvalue weighted by Gasteiger charge is 2.43. The van der Waals surface area contributed by atoms with E-state index in [-0.39, 0.29) is 29.9 Å². The van der Waals surface area contributed by atoms with Crippen LogP contribution in [0.1, 0.15) is 60.2 Å². The highest BCUT2D eigenvalue weighted by Crippen LogP contribution is 2.38. The van der Waals surface area contributed by atoms with Crippen molar-refractivity contribution in [1.82, 2.24) is 15.2 Å². The van der Waals surface area contributed by atoms with Gasteiger partial charge < -0.3 is 19.7 Å². The Balaban J connectivity index is 1.45. The lowest BCUT2D eigenvalue weighted by molar-refractivity contribution is 0.0549.